The summed E-state index contributed by atoms with van der Waals surface area (Å²) in [7, 11) is 0. The Morgan fingerprint density at radius 2 is 2.33 bits per heavy atom. The van der Waals surface area contributed by atoms with Crippen LogP contribution in [-0.2, 0) is 5.41 Å². The number of aromatic nitrogens is 1. The van der Waals surface area contributed by atoms with Crippen molar-refractivity contribution < 1.29 is 9.53 Å². The van der Waals surface area contributed by atoms with E-state index in [1.807, 2.05) is 6.07 Å². The lowest BCUT2D eigenvalue weighted by Gasteiger charge is -2.23. The molecule has 1 saturated heterocycles. The molecule has 0 radical (unpaired) electrons. The Labute approximate surface area is 124 Å². The molecule has 3 aliphatic rings. The number of hydrogen-bond donors (Lipinski definition) is 2. The third-order valence-corrected chi connectivity index (χ3v) is 5.10. The number of nitrogens with one attached hydrogen (secondary N) is 2. The van der Waals surface area contributed by atoms with E-state index in [0.29, 0.717) is 30.3 Å². The molecule has 1 saturated carbocycles. The fraction of sp³-hybridized carbons (Fsp3) is 0.625. The van der Waals surface area contributed by atoms with Crippen LogP contribution < -0.4 is 15.4 Å². The average molecular weight is 287 g/mol. The van der Waals surface area contributed by atoms with Gasteiger partial charge < -0.3 is 15.4 Å². The Bertz CT molecular complexity index is 599. The molecule has 2 N–H and O–H groups in total. The van der Waals surface area contributed by atoms with Gasteiger partial charge in [-0.1, -0.05) is 13.8 Å². The van der Waals surface area contributed by atoms with Gasteiger partial charge in [0, 0.05) is 29.6 Å². The Morgan fingerprint density at radius 3 is 3.05 bits per heavy atom. The van der Waals surface area contributed by atoms with Gasteiger partial charge >= 0.3 is 0 Å². The van der Waals surface area contributed by atoms with Crippen molar-refractivity contribution in [1.82, 2.24) is 15.6 Å². The standard InChI is InChI=1S/C16H21N3O2/c1-16(2)8-21-14-7-18-13(5-11(14)16)15(20)19-12-4-10-3-9(12)6-17-10/h5,7,9-10,12,17H,3-4,6,8H2,1-2H3,(H,19,20). The van der Waals surface area contributed by atoms with Gasteiger partial charge in [0.15, 0.2) is 0 Å². The number of carbonyl (C=O) groups excluding carboxylic acids is 1. The monoisotopic (exact) mass is 287 g/mol. The molecule has 1 aromatic heterocycles. The average Bonchev–Trinajstić information content (AvgIpc) is 3.14. The molecule has 3 heterocycles. The van der Waals surface area contributed by atoms with Gasteiger partial charge in [0.25, 0.3) is 5.91 Å². The van der Waals surface area contributed by atoms with Gasteiger partial charge in [-0.25, -0.2) is 4.98 Å². The van der Waals surface area contributed by atoms with Gasteiger partial charge in [-0.3, -0.25) is 4.79 Å². The summed E-state index contributed by atoms with van der Waals surface area (Å²) in [6.07, 6.45) is 3.90. The first-order chi connectivity index (χ1) is 10.0. The second-order valence-corrected chi connectivity index (χ2v) is 7.15. The van der Waals surface area contributed by atoms with Crippen LogP contribution in [0.25, 0.3) is 0 Å². The molecule has 3 atom stereocenters. The largest absolute Gasteiger partial charge is 0.491 e. The molecule has 2 fully saturated rings. The van der Waals surface area contributed by atoms with Gasteiger partial charge in [-0.05, 0) is 24.8 Å². The molecule has 2 bridgehead atoms. The zero-order valence-corrected chi connectivity index (χ0v) is 12.5. The number of amides is 1. The highest BCUT2D eigenvalue weighted by atomic mass is 16.5. The van der Waals surface area contributed by atoms with Crippen LogP contribution in [0.5, 0.6) is 5.75 Å². The summed E-state index contributed by atoms with van der Waals surface area (Å²) >= 11 is 0. The number of fused-ring (bicyclic) bond motifs is 3. The number of hydrogen-bond acceptors (Lipinski definition) is 4. The zero-order valence-electron chi connectivity index (χ0n) is 12.5. The van der Waals surface area contributed by atoms with E-state index < -0.39 is 0 Å². The van der Waals surface area contributed by atoms with Gasteiger partial charge in [-0.2, -0.15) is 0 Å². The summed E-state index contributed by atoms with van der Waals surface area (Å²) in [5.41, 5.74) is 1.53. The fourth-order valence-corrected chi connectivity index (χ4v) is 3.80. The quantitative estimate of drug-likeness (QED) is 0.859. The summed E-state index contributed by atoms with van der Waals surface area (Å²) in [4.78, 5) is 16.7. The van der Waals surface area contributed by atoms with Gasteiger partial charge in [0.2, 0.25) is 0 Å². The maximum absolute atomic E-state index is 12.5. The maximum Gasteiger partial charge on any atom is 0.270 e. The van der Waals surface area contributed by atoms with Crippen molar-refractivity contribution in [3.63, 3.8) is 0 Å². The van der Waals surface area contributed by atoms with Crippen LogP contribution in [0.4, 0.5) is 0 Å². The minimum absolute atomic E-state index is 0.0519. The normalized spacial score (nSPS) is 31.8. The Balaban J connectivity index is 1.53. The highest BCUT2D eigenvalue weighted by Gasteiger charge is 2.40. The van der Waals surface area contributed by atoms with Crippen LogP contribution in [0.3, 0.4) is 0 Å². The first-order valence-electron chi connectivity index (χ1n) is 7.70. The Morgan fingerprint density at radius 1 is 1.48 bits per heavy atom. The summed E-state index contributed by atoms with van der Waals surface area (Å²) in [5.74, 6) is 1.33. The Hall–Kier alpha value is -1.62. The van der Waals surface area contributed by atoms with Crippen molar-refractivity contribution >= 4 is 5.91 Å². The molecule has 0 aromatic carbocycles. The van der Waals surface area contributed by atoms with Crippen molar-refractivity contribution in [3.05, 3.63) is 23.5 Å². The molecule has 0 spiro atoms. The predicted molar refractivity (Wildman–Crippen MR) is 78.5 cm³/mol. The van der Waals surface area contributed by atoms with E-state index in [1.165, 1.54) is 6.42 Å². The SMILES string of the molecule is CC1(C)COc2cnc(C(=O)NC3CC4CC3CN4)cc21. The van der Waals surface area contributed by atoms with E-state index in [4.69, 9.17) is 4.74 Å². The first-order valence-corrected chi connectivity index (χ1v) is 7.70. The summed E-state index contributed by atoms with van der Waals surface area (Å²) in [6, 6.07) is 2.77. The van der Waals surface area contributed by atoms with Gasteiger partial charge in [-0.15, -0.1) is 0 Å². The second kappa shape index (κ2) is 4.44. The minimum Gasteiger partial charge on any atom is -0.491 e. The van der Waals surface area contributed by atoms with Crippen LogP contribution in [0.1, 0.15) is 42.7 Å². The lowest BCUT2D eigenvalue weighted by Crippen LogP contribution is -2.44. The lowest BCUT2D eigenvalue weighted by atomic mass is 9.87. The van der Waals surface area contributed by atoms with Crippen LogP contribution >= 0.6 is 0 Å². The van der Waals surface area contributed by atoms with Crippen molar-refractivity contribution in [2.75, 3.05) is 13.2 Å². The molecular formula is C16H21N3O2. The molecule has 1 aromatic rings. The van der Waals surface area contributed by atoms with Gasteiger partial charge in [0.05, 0.1) is 12.8 Å². The van der Waals surface area contributed by atoms with Crippen molar-refractivity contribution in [2.24, 2.45) is 5.92 Å². The highest BCUT2D eigenvalue weighted by molar-refractivity contribution is 5.93. The minimum atomic E-state index is -0.0574. The molecule has 21 heavy (non-hydrogen) atoms. The lowest BCUT2D eigenvalue weighted by molar-refractivity contribution is 0.0920. The smallest absolute Gasteiger partial charge is 0.270 e. The number of pyridine rings is 1. The highest BCUT2D eigenvalue weighted by Crippen LogP contribution is 2.38. The molecule has 1 aliphatic carbocycles. The zero-order chi connectivity index (χ0) is 14.6. The number of rotatable bonds is 2. The van der Waals surface area contributed by atoms with E-state index in [9.17, 15) is 4.79 Å². The van der Waals surface area contributed by atoms with E-state index in [0.717, 1.165) is 24.3 Å². The summed E-state index contributed by atoms with van der Waals surface area (Å²) < 4.78 is 5.62. The second-order valence-electron chi connectivity index (χ2n) is 7.15. The molecule has 112 valence electrons. The van der Waals surface area contributed by atoms with E-state index in [2.05, 4.69) is 29.5 Å². The molecule has 2 aliphatic heterocycles. The molecule has 3 unspecified atom stereocenters. The maximum atomic E-state index is 12.5. The number of nitrogens with zero attached hydrogens (tertiary/aromatic N) is 1. The topological polar surface area (TPSA) is 63.2 Å². The van der Waals surface area contributed by atoms with Gasteiger partial charge in [0.1, 0.15) is 11.4 Å². The summed E-state index contributed by atoms with van der Waals surface area (Å²) in [5, 5.41) is 6.62. The van der Waals surface area contributed by atoms with Crippen molar-refractivity contribution in [2.45, 2.75) is 44.2 Å². The molecule has 4 rings (SSSR count). The van der Waals surface area contributed by atoms with Crippen LogP contribution in [0, 0.1) is 5.92 Å². The third-order valence-electron chi connectivity index (χ3n) is 5.10. The van der Waals surface area contributed by atoms with Crippen LogP contribution in [0.15, 0.2) is 12.3 Å². The van der Waals surface area contributed by atoms with E-state index >= 15 is 0 Å². The molecular weight excluding hydrogens is 266 g/mol. The third kappa shape index (κ3) is 2.11. The van der Waals surface area contributed by atoms with Crippen molar-refractivity contribution in [1.29, 1.82) is 0 Å². The van der Waals surface area contributed by atoms with E-state index in [-0.39, 0.29) is 11.3 Å². The van der Waals surface area contributed by atoms with Crippen molar-refractivity contribution in [3.8, 4) is 5.75 Å². The first kappa shape index (κ1) is 13.1. The van der Waals surface area contributed by atoms with E-state index in [1.54, 1.807) is 6.20 Å². The van der Waals surface area contributed by atoms with Crippen LogP contribution in [-0.4, -0.2) is 36.1 Å². The Kier molecular flexibility index (Phi) is 2.76. The number of ether oxygens (including phenoxy) is 1. The number of carbonyl (C=O) groups is 1. The fourth-order valence-electron chi connectivity index (χ4n) is 3.80. The van der Waals surface area contributed by atoms with Crippen LogP contribution in [0.2, 0.25) is 0 Å². The number of piperidine rings is 1. The molecule has 5 nitrogen and oxygen atoms in total. The predicted octanol–water partition coefficient (Wildman–Crippen LogP) is 1.23. The molecule has 5 heteroatoms. The molecule has 1 amide bonds. The summed E-state index contributed by atoms with van der Waals surface area (Å²) in [6.45, 7) is 5.92.